The van der Waals surface area contributed by atoms with E-state index >= 15 is 0 Å². The first-order chi connectivity index (χ1) is 9.85. The third-order valence-corrected chi connectivity index (χ3v) is 4.22. The number of aryl methyl sites for hydroxylation is 1. The molecule has 0 spiro atoms. The van der Waals surface area contributed by atoms with Crippen LogP contribution in [0.2, 0.25) is 0 Å². The second kappa shape index (κ2) is 5.82. The molecule has 2 rings (SSSR count). The van der Waals surface area contributed by atoms with E-state index in [9.17, 15) is 17.2 Å². The van der Waals surface area contributed by atoms with Gasteiger partial charge in [0.15, 0.2) is 0 Å². The predicted octanol–water partition coefficient (Wildman–Crippen LogP) is 2.39. The molecular formula is C13H14F2N2O3S. The summed E-state index contributed by atoms with van der Waals surface area (Å²) < 4.78 is 58.7. The molecule has 0 bridgehead atoms. The zero-order chi connectivity index (χ0) is 15.6. The Balaban J connectivity index is 2.39. The molecule has 1 aromatic carbocycles. The summed E-state index contributed by atoms with van der Waals surface area (Å²) in [6.45, 7) is 1.80. The van der Waals surface area contributed by atoms with Crippen LogP contribution in [-0.2, 0) is 16.6 Å². The third-order valence-electron chi connectivity index (χ3n) is 2.76. The molecule has 0 saturated carbocycles. The largest absolute Gasteiger partial charge is 0.464 e. The SMILES string of the molecule is CNCc1cc(S(=O)(=O)Nc2c(F)cccc2F)c(C)o1. The average Bonchev–Trinajstić information content (AvgIpc) is 2.76. The number of nitrogens with one attached hydrogen (secondary N) is 2. The van der Waals surface area contributed by atoms with Gasteiger partial charge in [-0.25, -0.2) is 17.2 Å². The number of benzene rings is 1. The second-order valence-corrected chi connectivity index (χ2v) is 6.02. The molecule has 0 aliphatic carbocycles. The molecule has 8 heteroatoms. The van der Waals surface area contributed by atoms with Crippen molar-refractivity contribution >= 4 is 15.7 Å². The van der Waals surface area contributed by atoms with Crippen molar-refractivity contribution in [1.82, 2.24) is 5.32 Å². The first kappa shape index (κ1) is 15.5. The van der Waals surface area contributed by atoms with E-state index in [1.54, 1.807) is 7.05 Å². The lowest BCUT2D eigenvalue weighted by Gasteiger charge is -2.08. The number of furan rings is 1. The van der Waals surface area contributed by atoms with Crippen molar-refractivity contribution in [2.75, 3.05) is 11.8 Å². The van der Waals surface area contributed by atoms with E-state index in [4.69, 9.17) is 4.42 Å². The van der Waals surface area contributed by atoms with Gasteiger partial charge in [0.25, 0.3) is 10.0 Å². The summed E-state index contributed by atoms with van der Waals surface area (Å²) in [6, 6.07) is 4.40. The zero-order valence-electron chi connectivity index (χ0n) is 11.4. The van der Waals surface area contributed by atoms with Crippen molar-refractivity contribution in [2.24, 2.45) is 0 Å². The fraction of sp³-hybridized carbons (Fsp3) is 0.231. The van der Waals surface area contributed by atoms with Gasteiger partial charge in [0.05, 0.1) is 6.54 Å². The van der Waals surface area contributed by atoms with Gasteiger partial charge in [-0.3, -0.25) is 4.72 Å². The Hall–Kier alpha value is -1.93. The van der Waals surface area contributed by atoms with Crippen LogP contribution in [0.15, 0.2) is 33.6 Å². The first-order valence-electron chi connectivity index (χ1n) is 6.06. The topological polar surface area (TPSA) is 71.3 Å². The van der Waals surface area contributed by atoms with Gasteiger partial charge in [-0.1, -0.05) is 6.07 Å². The number of anilines is 1. The van der Waals surface area contributed by atoms with Crippen LogP contribution in [-0.4, -0.2) is 15.5 Å². The van der Waals surface area contributed by atoms with Gasteiger partial charge in [-0.05, 0) is 26.1 Å². The molecule has 5 nitrogen and oxygen atoms in total. The van der Waals surface area contributed by atoms with Gasteiger partial charge >= 0.3 is 0 Å². The average molecular weight is 316 g/mol. The maximum atomic E-state index is 13.5. The van der Waals surface area contributed by atoms with E-state index in [1.807, 2.05) is 4.72 Å². The summed E-state index contributed by atoms with van der Waals surface area (Å²) >= 11 is 0. The van der Waals surface area contributed by atoms with Crippen LogP contribution in [0, 0.1) is 18.6 Å². The van der Waals surface area contributed by atoms with Crippen LogP contribution in [0.4, 0.5) is 14.5 Å². The molecule has 1 heterocycles. The Morgan fingerprint density at radius 1 is 1.24 bits per heavy atom. The van der Waals surface area contributed by atoms with Crippen molar-refractivity contribution in [3.8, 4) is 0 Å². The minimum Gasteiger partial charge on any atom is -0.464 e. The van der Waals surface area contributed by atoms with Crippen LogP contribution >= 0.6 is 0 Å². The molecule has 114 valence electrons. The second-order valence-electron chi connectivity index (χ2n) is 4.37. The summed E-state index contributed by atoms with van der Waals surface area (Å²) in [7, 11) is -2.46. The minimum absolute atomic E-state index is 0.143. The quantitative estimate of drug-likeness (QED) is 0.888. The number of halogens is 2. The number of rotatable bonds is 5. The number of sulfonamides is 1. The van der Waals surface area contributed by atoms with E-state index in [0.717, 1.165) is 18.2 Å². The monoisotopic (exact) mass is 316 g/mol. The molecule has 0 atom stereocenters. The molecule has 0 unspecified atom stereocenters. The predicted molar refractivity (Wildman–Crippen MR) is 73.4 cm³/mol. The minimum atomic E-state index is -4.14. The third kappa shape index (κ3) is 3.22. The van der Waals surface area contributed by atoms with E-state index in [1.165, 1.54) is 13.0 Å². The van der Waals surface area contributed by atoms with Gasteiger partial charge < -0.3 is 9.73 Å². The van der Waals surface area contributed by atoms with E-state index in [2.05, 4.69) is 5.32 Å². The zero-order valence-corrected chi connectivity index (χ0v) is 12.2. The highest BCUT2D eigenvalue weighted by Crippen LogP contribution is 2.25. The number of hydrogen-bond acceptors (Lipinski definition) is 4. The van der Waals surface area contributed by atoms with Crippen molar-refractivity contribution in [1.29, 1.82) is 0 Å². The van der Waals surface area contributed by atoms with E-state index < -0.39 is 27.3 Å². The van der Waals surface area contributed by atoms with Crippen LogP contribution in [0.25, 0.3) is 0 Å². The molecule has 2 N–H and O–H groups in total. The van der Waals surface area contributed by atoms with Crippen LogP contribution in [0.5, 0.6) is 0 Å². The smallest absolute Gasteiger partial charge is 0.265 e. The highest BCUT2D eigenvalue weighted by atomic mass is 32.2. The maximum absolute atomic E-state index is 13.5. The highest BCUT2D eigenvalue weighted by molar-refractivity contribution is 7.92. The summed E-state index contributed by atoms with van der Waals surface area (Å²) in [4.78, 5) is -0.157. The van der Waals surface area contributed by atoms with Crippen LogP contribution < -0.4 is 10.0 Å². The highest BCUT2D eigenvalue weighted by Gasteiger charge is 2.24. The molecule has 0 saturated heterocycles. The fourth-order valence-corrected chi connectivity index (χ4v) is 3.12. The molecule has 0 fully saturated rings. The van der Waals surface area contributed by atoms with Crippen LogP contribution in [0.3, 0.4) is 0 Å². The Kier molecular flexibility index (Phi) is 4.29. The van der Waals surface area contributed by atoms with Crippen LogP contribution in [0.1, 0.15) is 11.5 Å². The lowest BCUT2D eigenvalue weighted by Crippen LogP contribution is -2.15. The van der Waals surface area contributed by atoms with Crippen molar-refractivity contribution < 1.29 is 21.6 Å². The van der Waals surface area contributed by atoms with Gasteiger partial charge in [0.1, 0.15) is 33.7 Å². The number of hydrogen-bond donors (Lipinski definition) is 2. The molecule has 1 aromatic heterocycles. The lowest BCUT2D eigenvalue weighted by atomic mass is 10.3. The van der Waals surface area contributed by atoms with Crippen molar-refractivity contribution in [3.63, 3.8) is 0 Å². The Bertz CT molecular complexity index is 737. The summed E-state index contributed by atoms with van der Waals surface area (Å²) in [5, 5.41) is 2.81. The van der Waals surface area contributed by atoms with Crippen molar-refractivity contribution in [2.45, 2.75) is 18.4 Å². The standard InChI is InChI=1S/C13H14F2N2O3S/c1-8-12(6-9(20-8)7-16-2)21(18,19)17-13-10(14)4-3-5-11(13)15/h3-6,16-17H,7H2,1-2H3. The van der Waals surface area contributed by atoms with Gasteiger partial charge in [-0.15, -0.1) is 0 Å². The summed E-state index contributed by atoms with van der Waals surface area (Å²) in [6.07, 6.45) is 0. The molecule has 21 heavy (non-hydrogen) atoms. The van der Waals surface area contributed by atoms with Gasteiger partial charge in [-0.2, -0.15) is 0 Å². The normalized spacial score (nSPS) is 11.6. The van der Waals surface area contributed by atoms with E-state index in [0.29, 0.717) is 12.3 Å². The number of para-hydroxylation sites is 1. The summed E-state index contributed by atoms with van der Waals surface area (Å²) in [5.41, 5.74) is -0.715. The Labute approximate surface area is 121 Å². The van der Waals surface area contributed by atoms with Gasteiger partial charge in [0.2, 0.25) is 0 Å². The first-order valence-corrected chi connectivity index (χ1v) is 7.54. The molecular weight excluding hydrogens is 302 g/mol. The molecule has 0 aliphatic rings. The Morgan fingerprint density at radius 3 is 2.43 bits per heavy atom. The van der Waals surface area contributed by atoms with Gasteiger partial charge in [0, 0.05) is 6.07 Å². The fourth-order valence-electron chi connectivity index (χ4n) is 1.84. The maximum Gasteiger partial charge on any atom is 0.265 e. The van der Waals surface area contributed by atoms with Crippen molar-refractivity contribution in [3.05, 3.63) is 47.4 Å². The Morgan fingerprint density at radius 2 is 1.86 bits per heavy atom. The van der Waals surface area contributed by atoms with E-state index in [-0.39, 0.29) is 10.7 Å². The lowest BCUT2D eigenvalue weighted by molar-refractivity contribution is 0.466. The molecule has 0 aliphatic heterocycles. The molecule has 2 aromatic rings. The summed E-state index contributed by atoms with van der Waals surface area (Å²) in [5.74, 6) is -1.43. The molecule has 0 radical (unpaired) electrons. The molecule has 0 amide bonds.